The minimum absolute atomic E-state index is 0.0412. The van der Waals surface area contributed by atoms with Crippen LogP contribution < -0.4 is 5.73 Å². The summed E-state index contributed by atoms with van der Waals surface area (Å²) in [5, 5.41) is 0. The summed E-state index contributed by atoms with van der Waals surface area (Å²) in [5.74, 6) is -0.747. The molecule has 1 aromatic carbocycles. The third-order valence-electron chi connectivity index (χ3n) is 2.60. The number of methoxy groups -OCH3 is 1. The zero-order valence-corrected chi connectivity index (χ0v) is 9.98. The lowest BCUT2D eigenvalue weighted by Gasteiger charge is -2.06. The first-order chi connectivity index (χ1) is 8.54. The molecule has 0 unspecified atom stereocenters. The summed E-state index contributed by atoms with van der Waals surface area (Å²) in [4.78, 5) is 15.2. The molecule has 2 aromatic rings. The standard InChI is InChI=1S/C12H12FN3O2/c1-7-5-8(3-4-9(7)13)16-6-15-10(11(16)14)12(17)18-2/h3-6H,14H2,1-2H3. The number of benzene rings is 1. The Morgan fingerprint density at radius 3 is 2.83 bits per heavy atom. The van der Waals surface area contributed by atoms with Gasteiger partial charge in [0.15, 0.2) is 5.69 Å². The van der Waals surface area contributed by atoms with Crippen LogP contribution >= 0.6 is 0 Å². The molecule has 0 radical (unpaired) electrons. The molecular formula is C12H12FN3O2. The number of halogens is 1. The number of aromatic nitrogens is 2. The number of nitrogen functional groups attached to an aromatic ring is 1. The van der Waals surface area contributed by atoms with Crippen LogP contribution in [0.1, 0.15) is 16.1 Å². The van der Waals surface area contributed by atoms with Crippen molar-refractivity contribution in [2.24, 2.45) is 0 Å². The van der Waals surface area contributed by atoms with Gasteiger partial charge in [-0.25, -0.2) is 14.2 Å². The maximum absolute atomic E-state index is 13.2. The molecule has 0 spiro atoms. The van der Waals surface area contributed by atoms with Crippen molar-refractivity contribution < 1.29 is 13.9 Å². The van der Waals surface area contributed by atoms with E-state index in [-0.39, 0.29) is 17.3 Å². The summed E-state index contributed by atoms with van der Waals surface area (Å²) < 4.78 is 19.2. The van der Waals surface area contributed by atoms with Gasteiger partial charge in [-0.3, -0.25) is 4.57 Å². The van der Waals surface area contributed by atoms with E-state index in [1.54, 1.807) is 19.1 Å². The summed E-state index contributed by atoms with van der Waals surface area (Å²) in [7, 11) is 1.25. The minimum Gasteiger partial charge on any atom is -0.464 e. The second-order valence-corrected chi connectivity index (χ2v) is 3.77. The Balaban J connectivity index is 2.48. The van der Waals surface area contributed by atoms with Crippen molar-refractivity contribution in [2.45, 2.75) is 6.92 Å². The molecular weight excluding hydrogens is 237 g/mol. The zero-order chi connectivity index (χ0) is 13.3. The largest absolute Gasteiger partial charge is 0.464 e. The number of imidazole rings is 1. The summed E-state index contributed by atoms with van der Waals surface area (Å²) in [5.41, 5.74) is 6.97. The van der Waals surface area contributed by atoms with E-state index in [1.807, 2.05) is 0 Å². The number of ether oxygens (including phenoxy) is 1. The molecule has 1 aromatic heterocycles. The Kier molecular flexibility index (Phi) is 3.01. The highest BCUT2D eigenvalue weighted by Gasteiger charge is 2.17. The number of nitrogens with two attached hydrogens (primary N) is 1. The van der Waals surface area contributed by atoms with Gasteiger partial charge in [0.25, 0.3) is 0 Å². The fourth-order valence-corrected chi connectivity index (χ4v) is 1.60. The summed E-state index contributed by atoms with van der Waals surface area (Å²) >= 11 is 0. The quantitative estimate of drug-likeness (QED) is 0.822. The molecule has 6 heteroatoms. The Labute approximate surface area is 103 Å². The van der Waals surface area contributed by atoms with Crippen LogP contribution in [0.2, 0.25) is 0 Å². The van der Waals surface area contributed by atoms with E-state index in [1.165, 1.54) is 24.1 Å². The molecule has 0 bridgehead atoms. The molecule has 0 aliphatic rings. The van der Waals surface area contributed by atoms with E-state index >= 15 is 0 Å². The van der Waals surface area contributed by atoms with Gasteiger partial charge in [-0.2, -0.15) is 0 Å². The second kappa shape index (κ2) is 4.48. The Bertz CT molecular complexity index is 607. The highest BCUT2D eigenvalue weighted by Crippen LogP contribution is 2.19. The topological polar surface area (TPSA) is 70.1 Å². The number of nitrogens with zero attached hydrogens (tertiary/aromatic N) is 2. The fourth-order valence-electron chi connectivity index (χ4n) is 1.60. The number of hydrogen-bond donors (Lipinski definition) is 1. The van der Waals surface area contributed by atoms with Crippen molar-refractivity contribution in [3.05, 3.63) is 41.6 Å². The molecule has 2 rings (SSSR count). The SMILES string of the molecule is COC(=O)c1ncn(-c2ccc(F)c(C)c2)c1N. The molecule has 0 atom stereocenters. The number of hydrogen-bond acceptors (Lipinski definition) is 4. The maximum atomic E-state index is 13.2. The van der Waals surface area contributed by atoms with Gasteiger partial charge >= 0.3 is 5.97 Å². The van der Waals surface area contributed by atoms with E-state index in [2.05, 4.69) is 9.72 Å². The molecule has 0 saturated heterocycles. The van der Waals surface area contributed by atoms with Crippen LogP contribution in [-0.4, -0.2) is 22.6 Å². The zero-order valence-electron chi connectivity index (χ0n) is 9.98. The van der Waals surface area contributed by atoms with Crippen LogP contribution in [0.15, 0.2) is 24.5 Å². The van der Waals surface area contributed by atoms with Gasteiger partial charge in [0, 0.05) is 5.69 Å². The first kappa shape index (κ1) is 12.1. The monoisotopic (exact) mass is 249 g/mol. The van der Waals surface area contributed by atoms with Crippen LogP contribution in [0.4, 0.5) is 10.2 Å². The number of esters is 1. The van der Waals surface area contributed by atoms with E-state index in [4.69, 9.17) is 5.73 Å². The van der Waals surface area contributed by atoms with Crippen molar-refractivity contribution in [1.29, 1.82) is 0 Å². The van der Waals surface area contributed by atoms with Crippen molar-refractivity contribution in [2.75, 3.05) is 12.8 Å². The van der Waals surface area contributed by atoms with Crippen molar-refractivity contribution in [1.82, 2.24) is 9.55 Å². The highest BCUT2D eigenvalue weighted by molar-refractivity contribution is 5.92. The average molecular weight is 249 g/mol. The van der Waals surface area contributed by atoms with Gasteiger partial charge in [-0.1, -0.05) is 0 Å². The molecule has 5 nitrogen and oxygen atoms in total. The smallest absolute Gasteiger partial charge is 0.360 e. The molecule has 0 saturated carbocycles. The van der Waals surface area contributed by atoms with Crippen molar-refractivity contribution in [3.8, 4) is 5.69 Å². The number of rotatable bonds is 2. The Hall–Kier alpha value is -2.37. The molecule has 0 fully saturated rings. The first-order valence-electron chi connectivity index (χ1n) is 5.22. The Morgan fingerprint density at radius 2 is 2.22 bits per heavy atom. The van der Waals surface area contributed by atoms with Crippen molar-refractivity contribution >= 4 is 11.8 Å². The molecule has 0 aliphatic carbocycles. The van der Waals surface area contributed by atoms with Crippen LogP contribution in [0.3, 0.4) is 0 Å². The average Bonchev–Trinajstić information content (AvgIpc) is 2.74. The van der Waals surface area contributed by atoms with E-state index in [9.17, 15) is 9.18 Å². The molecule has 94 valence electrons. The van der Waals surface area contributed by atoms with Crippen LogP contribution in [0.25, 0.3) is 5.69 Å². The van der Waals surface area contributed by atoms with E-state index < -0.39 is 5.97 Å². The van der Waals surface area contributed by atoms with Gasteiger partial charge < -0.3 is 10.5 Å². The first-order valence-corrected chi connectivity index (χ1v) is 5.22. The van der Waals surface area contributed by atoms with Crippen molar-refractivity contribution in [3.63, 3.8) is 0 Å². The molecule has 2 N–H and O–H groups in total. The van der Waals surface area contributed by atoms with Crippen LogP contribution in [-0.2, 0) is 4.74 Å². The van der Waals surface area contributed by atoms with E-state index in [0.717, 1.165) is 0 Å². The van der Waals surface area contributed by atoms with Crippen LogP contribution in [0.5, 0.6) is 0 Å². The third kappa shape index (κ3) is 1.92. The fraction of sp³-hybridized carbons (Fsp3) is 0.167. The van der Waals surface area contributed by atoms with Gasteiger partial charge in [-0.05, 0) is 30.7 Å². The van der Waals surface area contributed by atoms with Gasteiger partial charge in [0.1, 0.15) is 18.0 Å². The molecule has 0 amide bonds. The Morgan fingerprint density at radius 1 is 1.50 bits per heavy atom. The maximum Gasteiger partial charge on any atom is 0.360 e. The van der Waals surface area contributed by atoms with E-state index in [0.29, 0.717) is 11.3 Å². The van der Waals surface area contributed by atoms with Gasteiger partial charge in [0.05, 0.1) is 7.11 Å². The predicted molar refractivity (Wildman–Crippen MR) is 64.0 cm³/mol. The summed E-state index contributed by atoms with van der Waals surface area (Å²) in [6, 6.07) is 4.51. The molecule has 1 heterocycles. The number of anilines is 1. The third-order valence-corrected chi connectivity index (χ3v) is 2.60. The predicted octanol–water partition coefficient (Wildman–Crippen LogP) is 1.69. The number of carbonyl (C=O) groups excluding carboxylic acids is 1. The molecule has 18 heavy (non-hydrogen) atoms. The molecule has 0 aliphatic heterocycles. The number of aryl methyl sites for hydroxylation is 1. The van der Waals surface area contributed by atoms with Gasteiger partial charge in [0.2, 0.25) is 0 Å². The normalized spacial score (nSPS) is 10.4. The highest BCUT2D eigenvalue weighted by atomic mass is 19.1. The van der Waals surface area contributed by atoms with Crippen LogP contribution in [0, 0.1) is 12.7 Å². The summed E-state index contributed by atoms with van der Waals surface area (Å²) in [6.07, 6.45) is 1.40. The number of carbonyl (C=O) groups is 1. The lowest BCUT2D eigenvalue weighted by molar-refractivity contribution is 0.0596. The summed E-state index contributed by atoms with van der Waals surface area (Å²) in [6.45, 7) is 1.65. The minimum atomic E-state index is -0.606. The lowest BCUT2D eigenvalue weighted by Crippen LogP contribution is -2.07. The van der Waals surface area contributed by atoms with Gasteiger partial charge in [-0.15, -0.1) is 0 Å². The lowest BCUT2D eigenvalue weighted by atomic mass is 10.2. The second-order valence-electron chi connectivity index (χ2n) is 3.77.